The number of nitrogens with one attached hydrogen (secondary N) is 1. The second-order valence-electron chi connectivity index (χ2n) is 5.18. The minimum absolute atomic E-state index is 0.709. The molecule has 5 heteroatoms. The summed E-state index contributed by atoms with van der Waals surface area (Å²) in [6.07, 6.45) is 3.50. The summed E-state index contributed by atoms with van der Waals surface area (Å²) < 4.78 is 7.47. The summed E-state index contributed by atoms with van der Waals surface area (Å²) in [5, 5.41) is 12.0. The molecule has 1 aromatic heterocycles. The van der Waals surface area contributed by atoms with Crippen LogP contribution in [-0.4, -0.2) is 21.9 Å². The molecule has 2 heterocycles. The third-order valence-corrected chi connectivity index (χ3v) is 3.81. The fourth-order valence-corrected chi connectivity index (χ4v) is 2.64. The van der Waals surface area contributed by atoms with E-state index in [1.807, 2.05) is 18.2 Å². The number of hydrogen-bond acceptors (Lipinski definition) is 4. The molecule has 1 aliphatic heterocycles. The van der Waals surface area contributed by atoms with Gasteiger partial charge in [0, 0.05) is 18.7 Å². The van der Waals surface area contributed by atoms with Gasteiger partial charge in [0.25, 0.3) is 0 Å². The number of methoxy groups -OCH3 is 1. The van der Waals surface area contributed by atoms with Crippen LogP contribution < -0.4 is 10.1 Å². The van der Waals surface area contributed by atoms with Gasteiger partial charge in [-0.25, -0.2) is 0 Å². The monoisotopic (exact) mass is 272 g/mol. The average molecular weight is 272 g/mol. The molecule has 0 atom stereocenters. The molecular weight excluding hydrogens is 252 g/mol. The first kappa shape index (κ1) is 13.0. The lowest BCUT2D eigenvalue weighted by Crippen LogP contribution is -2.15. The highest BCUT2D eigenvalue weighted by atomic mass is 16.5. The quantitative estimate of drug-likeness (QED) is 0.929. The Labute approximate surface area is 119 Å². The highest BCUT2D eigenvalue weighted by Crippen LogP contribution is 2.22. The van der Waals surface area contributed by atoms with E-state index in [2.05, 4.69) is 27.0 Å². The van der Waals surface area contributed by atoms with Gasteiger partial charge in [-0.1, -0.05) is 0 Å². The van der Waals surface area contributed by atoms with Gasteiger partial charge in [0.2, 0.25) is 0 Å². The lowest BCUT2D eigenvalue weighted by molar-refractivity contribution is 0.414. The Morgan fingerprint density at radius 1 is 1.30 bits per heavy atom. The highest BCUT2D eigenvalue weighted by Gasteiger charge is 2.15. The van der Waals surface area contributed by atoms with Crippen LogP contribution in [0.25, 0.3) is 0 Å². The summed E-state index contributed by atoms with van der Waals surface area (Å²) in [4.78, 5) is 0. The Kier molecular flexibility index (Phi) is 3.58. The largest absolute Gasteiger partial charge is 0.497 e. The van der Waals surface area contributed by atoms with Crippen molar-refractivity contribution < 1.29 is 4.74 Å². The second kappa shape index (κ2) is 5.53. The van der Waals surface area contributed by atoms with Crippen molar-refractivity contribution in [3.05, 3.63) is 35.4 Å². The van der Waals surface area contributed by atoms with E-state index in [0.29, 0.717) is 6.54 Å². The van der Waals surface area contributed by atoms with E-state index in [4.69, 9.17) is 4.74 Å². The molecule has 2 aromatic rings. The molecule has 0 saturated heterocycles. The Hall–Kier alpha value is -2.04. The SMILES string of the molecule is COc1ccc(NCc2nnc3n2CCCC3)c(C)c1. The van der Waals surface area contributed by atoms with E-state index in [0.717, 1.165) is 36.1 Å². The smallest absolute Gasteiger partial charge is 0.152 e. The third kappa shape index (κ3) is 2.48. The number of ether oxygens (including phenoxy) is 1. The Morgan fingerprint density at radius 3 is 3.00 bits per heavy atom. The average Bonchev–Trinajstić information content (AvgIpc) is 2.89. The number of anilines is 1. The second-order valence-corrected chi connectivity index (χ2v) is 5.18. The van der Waals surface area contributed by atoms with Gasteiger partial charge in [-0.15, -0.1) is 10.2 Å². The predicted octanol–water partition coefficient (Wildman–Crippen LogP) is 2.54. The first-order valence-corrected chi connectivity index (χ1v) is 7.07. The zero-order valence-electron chi connectivity index (χ0n) is 12.0. The first-order chi connectivity index (χ1) is 9.78. The molecule has 0 bridgehead atoms. The predicted molar refractivity (Wildman–Crippen MR) is 78.0 cm³/mol. The summed E-state index contributed by atoms with van der Waals surface area (Å²) >= 11 is 0. The summed E-state index contributed by atoms with van der Waals surface area (Å²) in [5.41, 5.74) is 2.28. The van der Waals surface area contributed by atoms with Crippen LogP contribution in [-0.2, 0) is 19.5 Å². The summed E-state index contributed by atoms with van der Waals surface area (Å²) in [6.45, 7) is 3.82. The van der Waals surface area contributed by atoms with Crippen molar-refractivity contribution in [1.82, 2.24) is 14.8 Å². The third-order valence-electron chi connectivity index (χ3n) is 3.81. The molecule has 3 rings (SSSR count). The highest BCUT2D eigenvalue weighted by molar-refractivity contribution is 5.53. The van der Waals surface area contributed by atoms with Crippen molar-refractivity contribution in [1.29, 1.82) is 0 Å². The molecule has 1 N–H and O–H groups in total. The molecule has 0 radical (unpaired) electrons. The number of fused-ring (bicyclic) bond motifs is 1. The lowest BCUT2D eigenvalue weighted by atomic mass is 10.1. The lowest BCUT2D eigenvalue weighted by Gasteiger charge is -2.16. The van der Waals surface area contributed by atoms with Crippen molar-refractivity contribution in [3.8, 4) is 5.75 Å². The van der Waals surface area contributed by atoms with Gasteiger partial charge in [0.15, 0.2) is 5.82 Å². The number of aromatic nitrogens is 3. The van der Waals surface area contributed by atoms with Gasteiger partial charge in [0.05, 0.1) is 13.7 Å². The van der Waals surface area contributed by atoms with Gasteiger partial charge < -0.3 is 14.6 Å². The number of aryl methyl sites for hydroxylation is 2. The Morgan fingerprint density at radius 2 is 2.20 bits per heavy atom. The van der Waals surface area contributed by atoms with Crippen molar-refractivity contribution in [2.75, 3.05) is 12.4 Å². The number of rotatable bonds is 4. The minimum atomic E-state index is 0.709. The molecule has 20 heavy (non-hydrogen) atoms. The van der Waals surface area contributed by atoms with E-state index < -0.39 is 0 Å². The fourth-order valence-electron chi connectivity index (χ4n) is 2.64. The molecule has 106 valence electrons. The van der Waals surface area contributed by atoms with E-state index in [-0.39, 0.29) is 0 Å². The number of hydrogen-bond donors (Lipinski definition) is 1. The van der Waals surface area contributed by atoms with Crippen molar-refractivity contribution in [3.63, 3.8) is 0 Å². The topological polar surface area (TPSA) is 52.0 Å². The van der Waals surface area contributed by atoms with E-state index in [1.54, 1.807) is 7.11 Å². The van der Waals surface area contributed by atoms with Crippen LogP contribution in [0.4, 0.5) is 5.69 Å². The Bertz CT molecular complexity index is 606. The first-order valence-electron chi connectivity index (χ1n) is 7.07. The number of nitrogens with zero attached hydrogens (tertiary/aromatic N) is 3. The van der Waals surface area contributed by atoms with Gasteiger partial charge >= 0.3 is 0 Å². The standard InChI is InChI=1S/C15H20N4O/c1-11-9-12(20-2)6-7-13(11)16-10-15-18-17-14-5-3-4-8-19(14)15/h6-7,9,16H,3-5,8,10H2,1-2H3. The molecular formula is C15H20N4O. The fraction of sp³-hybridized carbons (Fsp3) is 0.467. The minimum Gasteiger partial charge on any atom is -0.497 e. The van der Waals surface area contributed by atoms with Crippen LogP contribution >= 0.6 is 0 Å². The Balaban J connectivity index is 1.72. The van der Waals surface area contributed by atoms with E-state index in [1.165, 1.54) is 18.4 Å². The zero-order chi connectivity index (χ0) is 13.9. The molecule has 1 aliphatic rings. The summed E-state index contributed by atoms with van der Waals surface area (Å²) in [6, 6.07) is 6.04. The van der Waals surface area contributed by atoms with Gasteiger partial charge in [-0.2, -0.15) is 0 Å². The molecule has 0 saturated carbocycles. The van der Waals surface area contributed by atoms with Crippen LogP contribution in [0.3, 0.4) is 0 Å². The van der Waals surface area contributed by atoms with Crippen molar-refractivity contribution in [2.24, 2.45) is 0 Å². The molecule has 0 amide bonds. The van der Waals surface area contributed by atoms with E-state index >= 15 is 0 Å². The zero-order valence-corrected chi connectivity index (χ0v) is 12.0. The molecule has 5 nitrogen and oxygen atoms in total. The van der Waals surface area contributed by atoms with E-state index in [9.17, 15) is 0 Å². The van der Waals surface area contributed by atoms with Gasteiger partial charge in [-0.05, 0) is 43.5 Å². The van der Waals surface area contributed by atoms with Crippen molar-refractivity contribution >= 4 is 5.69 Å². The van der Waals surface area contributed by atoms with Crippen LogP contribution in [0.1, 0.15) is 30.1 Å². The van der Waals surface area contributed by atoms with Gasteiger partial charge in [0.1, 0.15) is 11.6 Å². The molecule has 0 spiro atoms. The molecule has 0 aliphatic carbocycles. The molecule has 1 aromatic carbocycles. The molecule has 0 fully saturated rings. The maximum absolute atomic E-state index is 5.22. The van der Waals surface area contributed by atoms with Gasteiger partial charge in [-0.3, -0.25) is 0 Å². The summed E-state index contributed by atoms with van der Waals surface area (Å²) in [5.74, 6) is 3.03. The van der Waals surface area contributed by atoms with Crippen LogP contribution in [0.5, 0.6) is 5.75 Å². The summed E-state index contributed by atoms with van der Waals surface area (Å²) in [7, 11) is 1.68. The van der Waals surface area contributed by atoms with Crippen LogP contribution in [0.15, 0.2) is 18.2 Å². The maximum atomic E-state index is 5.22. The number of benzene rings is 1. The van der Waals surface area contributed by atoms with Crippen LogP contribution in [0.2, 0.25) is 0 Å². The molecule has 0 unspecified atom stereocenters. The maximum Gasteiger partial charge on any atom is 0.152 e. The van der Waals surface area contributed by atoms with Crippen molar-refractivity contribution in [2.45, 2.75) is 39.3 Å². The normalized spacial score (nSPS) is 13.9. The van der Waals surface area contributed by atoms with Crippen LogP contribution in [0, 0.1) is 6.92 Å².